The zero-order valence-corrected chi connectivity index (χ0v) is 8.22. The molecule has 0 aromatic heterocycles. The van der Waals surface area contributed by atoms with Crippen molar-refractivity contribution in [3.63, 3.8) is 0 Å². The molecule has 0 radical (unpaired) electrons. The Bertz CT molecular complexity index is 253. The van der Waals surface area contributed by atoms with Gasteiger partial charge in [-0.05, 0) is 0 Å². The first kappa shape index (κ1) is 8.40. The predicted octanol–water partition coefficient (Wildman–Crippen LogP) is 1.39. The third kappa shape index (κ3) is 3.28. The Labute approximate surface area is 74.2 Å². The van der Waals surface area contributed by atoms with Crippen molar-refractivity contribution in [3.8, 4) is 10.7 Å². The topological polar surface area (TPSA) is 0 Å². The van der Waals surface area contributed by atoms with Crippen molar-refractivity contribution in [2.45, 2.75) is 13.3 Å². The van der Waals surface area contributed by atoms with E-state index in [0.29, 0.717) is 15.0 Å². The van der Waals surface area contributed by atoms with E-state index >= 15 is 0 Å². The molecule has 1 aromatic carbocycles. The van der Waals surface area contributed by atoms with Crippen LogP contribution in [0.2, 0.25) is 0 Å². The Morgan fingerprint density at radius 1 is 1.27 bits per heavy atom. The van der Waals surface area contributed by atoms with Gasteiger partial charge in [-0.1, -0.05) is 0 Å². The average molecular weight is 209 g/mol. The van der Waals surface area contributed by atoms with Gasteiger partial charge in [0.15, 0.2) is 0 Å². The number of benzene rings is 1. The average Bonchev–Trinajstić information content (AvgIpc) is 2.07. The number of rotatable bonds is 1. The van der Waals surface area contributed by atoms with Crippen molar-refractivity contribution in [1.82, 2.24) is 0 Å². The van der Waals surface area contributed by atoms with Crippen LogP contribution in [0.15, 0.2) is 30.3 Å². The van der Waals surface area contributed by atoms with Gasteiger partial charge in [0.25, 0.3) is 0 Å². The van der Waals surface area contributed by atoms with E-state index in [1.807, 2.05) is 6.07 Å². The zero-order chi connectivity index (χ0) is 7.94. The molecule has 0 unspecified atom stereocenters. The Kier molecular flexibility index (Phi) is 3.83. The van der Waals surface area contributed by atoms with Gasteiger partial charge < -0.3 is 0 Å². The van der Waals surface area contributed by atoms with Crippen LogP contribution < -0.4 is 4.46 Å². The van der Waals surface area contributed by atoms with E-state index in [-0.39, 0.29) is 0 Å². The monoisotopic (exact) mass is 210 g/mol. The fraction of sp³-hybridized carbons (Fsp3) is 0.200. The van der Waals surface area contributed by atoms with Crippen LogP contribution in [0.4, 0.5) is 0 Å². The molecule has 0 aliphatic rings. The molecule has 0 aliphatic heterocycles. The summed E-state index contributed by atoms with van der Waals surface area (Å²) in [7, 11) is 0. The maximum absolute atomic E-state index is 3.16. The van der Waals surface area contributed by atoms with Gasteiger partial charge in [-0.2, -0.15) is 0 Å². The van der Waals surface area contributed by atoms with Crippen molar-refractivity contribution in [3.05, 3.63) is 30.3 Å². The molecule has 0 saturated carbocycles. The van der Waals surface area contributed by atoms with Crippen LogP contribution >= 0.6 is 0 Å². The molecule has 11 heavy (non-hydrogen) atoms. The quantitative estimate of drug-likeness (QED) is 0.484. The van der Waals surface area contributed by atoms with Crippen LogP contribution in [-0.4, -0.2) is 15.0 Å². The minimum absolute atomic E-state index is 0.358. The molecule has 1 aromatic rings. The number of hydrogen-bond donors (Lipinski definition) is 0. The molecule has 0 spiro atoms. The Morgan fingerprint density at radius 2 is 2.00 bits per heavy atom. The third-order valence-corrected chi connectivity index (χ3v) is 2.74. The molecule has 0 heterocycles. The van der Waals surface area contributed by atoms with E-state index < -0.39 is 0 Å². The molecule has 0 fully saturated rings. The van der Waals surface area contributed by atoms with Gasteiger partial charge >= 0.3 is 73.8 Å². The summed E-state index contributed by atoms with van der Waals surface area (Å²) in [6.45, 7) is 2.08. The summed E-state index contributed by atoms with van der Waals surface area (Å²) in [6, 6.07) is 10.4. The van der Waals surface area contributed by atoms with Gasteiger partial charge in [-0.3, -0.25) is 0 Å². The van der Waals surface area contributed by atoms with E-state index in [1.165, 1.54) is 4.46 Å². The number of hydrogen-bond acceptors (Lipinski definition) is 0. The molecule has 1 heteroatoms. The van der Waals surface area contributed by atoms with Gasteiger partial charge in [-0.25, -0.2) is 0 Å². The summed E-state index contributed by atoms with van der Waals surface area (Å²) in [5, 5.41) is 0. The molecule has 0 amide bonds. The van der Waals surface area contributed by atoms with E-state index in [9.17, 15) is 0 Å². The van der Waals surface area contributed by atoms with Crippen molar-refractivity contribution in [2.24, 2.45) is 0 Å². The molecule has 1 rings (SSSR count). The van der Waals surface area contributed by atoms with Gasteiger partial charge in [0.1, 0.15) is 0 Å². The van der Waals surface area contributed by atoms with Crippen molar-refractivity contribution in [2.75, 3.05) is 0 Å². The van der Waals surface area contributed by atoms with E-state index in [0.717, 1.165) is 6.42 Å². The summed E-state index contributed by atoms with van der Waals surface area (Å²) in [5.74, 6) is 3.07. The van der Waals surface area contributed by atoms with Gasteiger partial charge in [0, 0.05) is 0 Å². The Hall–Kier alpha value is -0.701. The van der Waals surface area contributed by atoms with Crippen LogP contribution in [0.5, 0.6) is 0 Å². The second kappa shape index (κ2) is 5.02. The molecule has 0 bridgehead atoms. The second-order valence-electron chi connectivity index (χ2n) is 2.05. The van der Waals surface area contributed by atoms with E-state index in [1.54, 1.807) is 0 Å². The normalized spacial score (nSPS) is 8.45. The van der Waals surface area contributed by atoms with Crippen LogP contribution in [0, 0.1) is 10.7 Å². The first-order chi connectivity index (χ1) is 5.43. The minimum atomic E-state index is 0.358. The molecular formula is C10H10Se. The van der Waals surface area contributed by atoms with Crippen molar-refractivity contribution in [1.29, 1.82) is 0 Å². The molecule has 0 aliphatic carbocycles. The second-order valence-corrected chi connectivity index (χ2v) is 3.89. The SMILES string of the molecule is CCC#C[Se]c1ccccc1. The fourth-order valence-corrected chi connectivity index (χ4v) is 1.97. The van der Waals surface area contributed by atoms with Crippen molar-refractivity contribution >= 4 is 19.4 Å². The van der Waals surface area contributed by atoms with Gasteiger partial charge in [0.2, 0.25) is 0 Å². The maximum atomic E-state index is 3.16. The zero-order valence-electron chi connectivity index (χ0n) is 6.50. The summed E-state index contributed by atoms with van der Waals surface area (Å²) in [6.07, 6.45) is 0.967. The van der Waals surface area contributed by atoms with E-state index in [4.69, 9.17) is 0 Å². The van der Waals surface area contributed by atoms with Gasteiger partial charge in [0.05, 0.1) is 0 Å². The first-order valence-corrected chi connectivity index (χ1v) is 5.34. The molecule has 0 N–H and O–H groups in total. The Balaban J connectivity index is 2.52. The summed E-state index contributed by atoms with van der Waals surface area (Å²) < 4.78 is 1.36. The summed E-state index contributed by atoms with van der Waals surface area (Å²) in [4.78, 5) is 3.16. The summed E-state index contributed by atoms with van der Waals surface area (Å²) in [5.41, 5.74) is 0. The van der Waals surface area contributed by atoms with Gasteiger partial charge in [-0.15, -0.1) is 0 Å². The standard InChI is InChI=1S/C10H10Se/c1-2-3-9-11-10-7-5-4-6-8-10/h4-8H,2H2,1H3. The van der Waals surface area contributed by atoms with Crippen LogP contribution in [-0.2, 0) is 0 Å². The molecule has 0 saturated heterocycles. The Morgan fingerprint density at radius 3 is 2.64 bits per heavy atom. The summed E-state index contributed by atoms with van der Waals surface area (Å²) >= 11 is 0.358. The van der Waals surface area contributed by atoms with E-state index in [2.05, 4.69) is 41.9 Å². The molecular weight excluding hydrogens is 199 g/mol. The fourth-order valence-electron chi connectivity index (χ4n) is 0.656. The predicted molar refractivity (Wildman–Crippen MR) is 49.9 cm³/mol. The molecule has 0 nitrogen and oxygen atoms in total. The van der Waals surface area contributed by atoms with Crippen LogP contribution in [0.3, 0.4) is 0 Å². The van der Waals surface area contributed by atoms with Crippen LogP contribution in [0.1, 0.15) is 13.3 Å². The molecule has 0 atom stereocenters. The van der Waals surface area contributed by atoms with Crippen molar-refractivity contribution < 1.29 is 0 Å². The molecule has 56 valence electrons. The first-order valence-electron chi connectivity index (χ1n) is 3.63. The third-order valence-electron chi connectivity index (χ3n) is 1.16. The van der Waals surface area contributed by atoms with Crippen LogP contribution in [0.25, 0.3) is 0 Å².